The third kappa shape index (κ3) is 2.17. The highest BCUT2D eigenvalue weighted by atomic mass is 16.5. The molecule has 0 unspecified atom stereocenters. The van der Waals surface area contributed by atoms with Crippen molar-refractivity contribution in [2.24, 2.45) is 0 Å². The maximum Gasteiger partial charge on any atom is 0.246 e. The lowest BCUT2D eigenvalue weighted by atomic mass is 10.3. The van der Waals surface area contributed by atoms with Crippen LogP contribution in [0, 0.1) is 11.3 Å². The fourth-order valence-corrected chi connectivity index (χ4v) is 2.48. The highest BCUT2D eigenvalue weighted by molar-refractivity contribution is 5.76. The molecular formula is C15H13N5O. The van der Waals surface area contributed by atoms with Crippen LogP contribution < -0.4 is 0 Å². The third-order valence-corrected chi connectivity index (χ3v) is 3.69. The Hall–Kier alpha value is -2.68. The average Bonchev–Trinajstić information content (AvgIpc) is 3.15. The Labute approximate surface area is 121 Å². The van der Waals surface area contributed by atoms with Gasteiger partial charge in [-0.25, -0.2) is 4.98 Å². The summed E-state index contributed by atoms with van der Waals surface area (Å²) in [5.74, 6) is 2.57. The van der Waals surface area contributed by atoms with E-state index in [2.05, 4.69) is 21.2 Å². The maximum absolute atomic E-state index is 8.97. The Morgan fingerprint density at radius 2 is 2.14 bits per heavy atom. The molecule has 0 bridgehead atoms. The number of imidazole rings is 1. The van der Waals surface area contributed by atoms with E-state index < -0.39 is 0 Å². The first kappa shape index (κ1) is 12.1. The number of rotatable bonds is 4. The summed E-state index contributed by atoms with van der Waals surface area (Å²) in [4.78, 5) is 8.95. The molecule has 1 aliphatic carbocycles. The van der Waals surface area contributed by atoms with Crippen molar-refractivity contribution in [3.8, 4) is 6.07 Å². The van der Waals surface area contributed by atoms with Crippen LogP contribution >= 0.6 is 0 Å². The van der Waals surface area contributed by atoms with Crippen LogP contribution in [0.1, 0.15) is 36.3 Å². The molecule has 0 spiro atoms. The molecule has 0 radical (unpaired) electrons. The molecule has 104 valence electrons. The number of fused-ring (bicyclic) bond motifs is 1. The standard InChI is InChI=1S/C15H13N5O/c16-8-7-13-17-11-3-1-2-4-12(11)20(13)9-14-18-15(19-21-14)10-5-6-10/h1-4,10H,5-7,9H2. The van der Waals surface area contributed by atoms with E-state index in [1.54, 1.807) is 0 Å². The summed E-state index contributed by atoms with van der Waals surface area (Å²) in [5.41, 5.74) is 1.86. The van der Waals surface area contributed by atoms with Crippen molar-refractivity contribution in [2.45, 2.75) is 31.7 Å². The summed E-state index contributed by atoms with van der Waals surface area (Å²) >= 11 is 0. The van der Waals surface area contributed by atoms with Crippen LogP contribution in [0.2, 0.25) is 0 Å². The SMILES string of the molecule is N#CCc1nc2ccccc2n1Cc1nc(C2CC2)no1. The minimum absolute atomic E-state index is 0.262. The van der Waals surface area contributed by atoms with E-state index in [4.69, 9.17) is 9.78 Å². The summed E-state index contributed by atoms with van der Waals surface area (Å²) in [6, 6.07) is 9.98. The molecule has 0 atom stereocenters. The number of para-hydroxylation sites is 2. The zero-order chi connectivity index (χ0) is 14.2. The molecule has 0 amide bonds. The molecule has 0 aliphatic heterocycles. The van der Waals surface area contributed by atoms with Crippen molar-refractivity contribution in [1.29, 1.82) is 5.26 Å². The fourth-order valence-electron chi connectivity index (χ4n) is 2.48. The lowest BCUT2D eigenvalue weighted by Crippen LogP contribution is -2.05. The van der Waals surface area contributed by atoms with Gasteiger partial charge in [0, 0.05) is 5.92 Å². The van der Waals surface area contributed by atoms with Crippen LogP contribution in [-0.4, -0.2) is 19.7 Å². The Bertz CT molecular complexity index is 837. The van der Waals surface area contributed by atoms with Crippen molar-refractivity contribution in [3.05, 3.63) is 41.8 Å². The third-order valence-electron chi connectivity index (χ3n) is 3.69. The van der Waals surface area contributed by atoms with Gasteiger partial charge >= 0.3 is 0 Å². The summed E-state index contributed by atoms with van der Waals surface area (Å²) in [7, 11) is 0. The van der Waals surface area contributed by atoms with Gasteiger partial charge in [0.15, 0.2) is 5.82 Å². The number of aromatic nitrogens is 4. The molecule has 1 saturated carbocycles. The van der Waals surface area contributed by atoms with E-state index in [0.29, 0.717) is 18.4 Å². The smallest absolute Gasteiger partial charge is 0.246 e. The maximum atomic E-state index is 8.97. The molecule has 0 saturated heterocycles. The largest absolute Gasteiger partial charge is 0.337 e. The highest BCUT2D eigenvalue weighted by Gasteiger charge is 2.29. The topological polar surface area (TPSA) is 80.5 Å². The second kappa shape index (κ2) is 4.70. The van der Waals surface area contributed by atoms with Gasteiger partial charge in [-0.15, -0.1) is 0 Å². The summed E-state index contributed by atoms with van der Waals surface area (Å²) in [6.07, 6.45) is 2.55. The van der Waals surface area contributed by atoms with Gasteiger partial charge in [0.25, 0.3) is 0 Å². The first-order valence-corrected chi connectivity index (χ1v) is 6.98. The summed E-state index contributed by atoms with van der Waals surface area (Å²) < 4.78 is 7.30. The van der Waals surface area contributed by atoms with E-state index in [0.717, 1.165) is 35.5 Å². The molecule has 1 aliphatic rings. The van der Waals surface area contributed by atoms with E-state index in [-0.39, 0.29) is 6.42 Å². The van der Waals surface area contributed by atoms with Crippen molar-refractivity contribution in [2.75, 3.05) is 0 Å². The van der Waals surface area contributed by atoms with Crippen LogP contribution in [-0.2, 0) is 13.0 Å². The molecule has 2 heterocycles. The second-order valence-electron chi connectivity index (χ2n) is 5.26. The van der Waals surface area contributed by atoms with Gasteiger partial charge in [0.1, 0.15) is 12.4 Å². The van der Waals surface area contributed by atoms with E-state index in [9.17, 15) is 0 Å². The quantitative estimate of drug-likeness (QED) is 0.732. The lowest BCUT2D eigenvalue weighted by Gasteiger charge is -2.03. The Morgan fingerprint density at radius 1 is 1.29 bits per heavy atom. The fraction of sp³-hybridized carbons (Fsp3) is 0.333. The molecular weight excluding hydrogens is 266 g/mol. The first-order valence-electron chi connectivity index (χ1n) is 6.98. The number of hydrogen-bond acceptors (Lipinski definition) is 5. The number of benzene rings is 1. The van der Waals surface area contributed by atoms with Crippen LogP contribution in [0.15, 0.2) is 28.8 Å². The summed E-state index contributed by atoms with van der Waals surface area (Å²) in [6.45, 7) is 0.456. The van der Waals surface area contributed by atoms with Gasteiger partial charge in [0.05, 0.1) is 23.5 Å². The minimum Gasteiger partial charge on any atom is -0.337 e. The van der Waals surface area contributed by atoms with Gasteiger partial charge in [-0.1, -0.05) is 17.3 Å². The first-order chi connectivity index (χ1) is 10.3. The molecule has 1 aromatic carbocycles. The Morgan fingerprint density at radius 3 is 2.95 bits per heavy atom. The molecule has 6 heteroatoms. The molecule has 2 aromatic heterocycles. The molecule has 6 nitrogen and oxygen atoms in total. The Balaban J connectivity index is 1.73. The Kier molecular flexibility index (Phi) is 2.71. The van der Waals surface area contributed by atoms with E-state index in [1.807, 2.05) is 28.8 Å². The van der Waals surface area contributed by atoms with Crippen LogP contribution in [0.3, 0.4) is 0 Å². The number of nitriles is 1. The predicted molar refractivity (Wildman–Crippen MR) is 74.4 cm³/mol. The lowest BCUT2D eigenvalue weighted by molar-refractivity contribution is 0.366. The van der Waals surface area contributed by atoms with Crippen LogP contribution in [0.5, 0.6) is 0 Å². The van der Waals surface area contributed by atoms with Crippen molar-refractivity contribution >= 4 is 11.0 Å². The zero-order valence-electron chi connectivity index (χ0n) is 11.4. The minimum atomic E-state index is 0.262. The zero-order valence-corrected chi connectivity index (χ0v) is 11.4. The van der Waals surface area contributed by atoms with Crippen LogP contribution in [0.25, 0.3) is 11.0 Å². The molecule has 1 fully saturated rings. The predicted octanol–water partition coefficient (Wildman–Crippen LogP) is 2.41. The number of nitrogens with zero attached hydrogens (tertiary/aromatic N) is 5. The van der Waals surface area contributed by atoms with Crippen molar-refractivity contribution in [1.82, 2.24) is 19.7 Å². The van der Waals surface area contributed by atoms with Gasteiger partial charge < -0.3 is 9.09 Å². The normalized spacial score (nSPS) is 14.4. The van der Waals surface area contributed by atoms with Gasteiger partial charge in [0.2, 0.25) is 5.89 Å². The average molecular weight is 279 g/mol. The molecule has 0 N–H and O–H groups in total. The van der Waals surface area contributed by atoms with Gasteiger partial charge in [-0.05, 0) is 25.0 Å². The summed E-state index contributed by atoms with van der Waals surface area (Å²) in [5, 5.41) is 13.0. The second-order valence-corrected chi connectivity index (χ2v) is 5.26. The van der Waals surface area contributed by atoms with E-state index in [1.165, 1.54) is 0 Å². The van der Waals surface area contributed by atoms with Gasteiger partial charge in [-0.2, -0.15) is 10.2 Å². The molecule has 3 aromatic rings. The van der Waals surface area contributed by atoms with Crippen molar-refractivity contribution < 1.29 is 4.52 Å². The highest BCUT2D eigenvalue weighted by Crippen LogP contribution is 2.38. The van der Waals surface area contributed by atoms with E-state index >= 15 is 0 Å². The monoisotopic (exact) mass is 279 g/mol. The van der Waals surface area contributed by atoms with Crippen LogP contribution in [0.4, 0.5) is 0 Å². The molecule has 21 heavy (non-hydrogen) atoms. The van der Waals surface area contributed by atoms with Gasteiger partial charge in [-0.3, -0.25) is 0 Å². The number of hydrogen-bond donors (Lipinski definition) is 0. The van der Waals surface area contributed by atoms with Crippen molar-refractivity contribution in [3.63, 3.8) is 0 Å². The molecule has 4 rings (SSSR count).